The molecule has 3 heterocycles. The first kappa shape index (κ1) is 19.7. The first-order valence-corrected chi connectivity index (χ1v) is 10.7. The summed E-state index contributed by atoms with van der Waals surface area (Å²) >= 11 is 1.49. The van der Waals surface area contributed by atoms with Gasteiger partial charge in [0.05, 0.1) is 12.2 Å². The lowest BCUT2D eigenvalue weighted by Gasteiger charge is -2.33. The van der Waals surface area contributed by atoms with Crippen LogP contribution in [0.1, 0.15) is 39.6 Å². The zero-order valence-corrected chi connectivity index (χ0v) is 17.8. The topological polar surface area (TPSA) is 75.4 Å². The van der Waals surface area contributed by atoms with Crippen molar-refractivity contribution in [3.05, 3.63) is 52.1 Å². The lowest BCUT2D eigenvalue weighted by Crippen LogP contribution is -2.48. The minimum absolute atomic E-state index is 0.0754. The summed E-state index contributed by atoms with van der Waals surface area (Å²) in [7, 11) is 0. The summed E-state index contributed by atoms with van der Waals surface area (Å²) in [5, 5.41) is 4.85. The Kier molecular flexibility index (Phi) is 5.73. The Labute approximate surface area is 174 Å². The third kappa shape index (κ3) is 4.38. The number of carbonyl (C=O) groups is 1. The van der Waals surface area contributed by atoms with E-state index in [1.165, 1.54) is 16.9 Å². The van der Waals surface area contributed by atoms with Crippen LogP contribution >= 0.6 is 11.3 Å². The maximum absolute atomic E-state index is 13.1. The van der Waals surface area contributed by atoms with Crippen LogP contribution in [0.3, 0.4) is 0 Å². The molecule has 3 aromatic rings. The highest BCUT2D eigenvalue weighted by molar-refractivity contribution is 7.17. The van der Waals surface area contributed by atoms with E-state index in [0.29, 0.717) is 31.3 Å². The fourth-order valence-corrected chi connectivity index (χ4v) is 4.50. The van der Waals surface area contributed by atoms with Crippen molar-refractivity contribution in [3.8, 4) is 10.6 Å². The van der Waals surface area contributed by atoms with Crippen molar-refractivity contribution in [1.29, 1.82) is 0 Å². The third-order valence-corrected chi connectivity index (χ3v) is 6.39. The average molecular weight is 412 g/mol. The minimum atomic E-state index is 0.0754. The van der Waals surface area contributed by atoms with Gasteiger partial charge in [-0.1, -0.05) is 36.3 Å². The van der Waals surface area contributed by atoms with Crippen LogP contribution in [0.5, 0.6) is 0 Å². The number of hydrogen-bond acceptors (Lipinski definition) is 7. The van der Waals surface area contributed by atoms with Gasteiger partial charge in [-0.3, -0.25) is 9.69 Å². The van der Waals surface area contributed by atoms with E-state index in [9.17, 15) is 4.79 Å². The van der Waals surface area contributed by atoms with Crippen molar-refractivity contribution in [2.24, 2.45) is 0 Å². The highest BCUT2D eigenvalue weighted by Gasteiger charge is 2.26. The zero-order chi connectivity index (χ0) is 20.4. The van der Waals surface area contributed by atoms with Gasteiger partial charge in [-0.15, -0.1) is 11.3 Å². The van der Waals surface area contributed by atoms with Crippen molar-refractivity contribution >= 4 is 17.2 Å². The molecule has 0 N–H and O–H groups in total. The van der Waals surface area contributed by atoms with E-state index in [0.717, 1.165) is 40.7 Å². The van der Waals surface area contributed by atoms with Gasteiger partial charge in [-0.05, 0) is 18.9 Å². The van der Waals surface area contributed by atoms with Crippen LogP contribution in [0.15, 0.2) is 28.8 Å². The molecule has 1 aliphatic rings. The zero-order valence-electron chi connectivity index (χ0n) is 17.0. The Hall–Kier alpha value is -2.58. The fourth-order valence-electron chi connectivity index (χ4n) is 3.46. The van der Waals surface area contributed by atoms with Crippen molar-refractivity contribution < 1.29 is 9.32 Å². The predicted octanol–water partition coefficient (Wildman–Crippen LogP) is 3.33. The maximum Gasteiger partial charge on any atom is 0.265 e. The Balaban J connectivity index is 1.40. The Morgan fingerprint density at radius 3 is 2.45 bits per heavy atom. The number of thiazole rings is 1. The molecule has 1 aromatic carbocycles. The third-order valence-electron chi connectivity index (χ3n) is 5.19. The predicted molar refractivity (Wildman–Crippen MR) is 112 cm³/mol. The molecule has 152 valence electrons. The van der Waals surface area contributed by atoms with Gasteiger partial charge >= 0.3 is 0 Å². The molecule has 0 unspecified atom stereocenters. The molecule has 0 bridgehead atoms. The molecule has 0 atom stereocenters. The lowest BCUT2D eigenvalue weighted by atomic mass is 10.1. The Morgan fingerprint density at radius 1 is 1.10 bits per heavy atom. The van der Waals surface area contributed by atoms with Gasteiger partial charge in [0.2, 0.25) is 5.89 Å². The van der Waals surface area contributed by atoms with E-state index in [1.54, 1.807) is 6.92 Å². The van der Waals surface area contributed by atoms with Crippen LogP contribution in [0, 0.1) is 13.8 Å². The summed E-state index contributed by atoms with van der Waals surface area (Å²) in [6.45, 7) is 9.46. The number of benzene rings is 1. The highest BCUT2D eigenvalue weighted by atomic mass is 32.1. The number of piperazine rings is 1. The first-order valence-electron chi connectivity index (χ1n) is 9.91. The van der Waals surface area contributed by atoms with E-state index < -0.39 is 0 Å². The van der Waals surface area contributed by atoms with Gasteiger partial charge in [0, 0.05) is 38.7 Å². The highest BCUT2D eigenvalue weighted by Crippen LogP contribution is 2.29. The van der Waals surface area contributed by atoms with E-state index in [1.807, 2.05) is 11.8 Å². The van der Waals surface area contributed by atoms with Crippen LogP contribution in [0.4, 0.5) is 0 Å². The number of hydrogen-bond donors (Lipinski definition) is 0. The van der Waals surface area contributed by atoms with E-state index in [-0.39, 0.29) is 5.91 Å². The van der Waals surface area contributed by atoms with Crippen molar-refractivity contribution in [3.63, 3.8) is 0 Å². The molecule has 1 saturated heterocycles. The quantitative estimate of drug-likeness (QED) is 0.641. The molecule has 29 heavy (non-hydrogen) atoms. The summed E-state index contributed by atoms with van der Waals surface area (Å²) in [4.78, 5) is 26.9. The molecule has 0 saturated carbocycles. The normalized spacial score (nSPS) is 15.1. The van der Waals surface area contributed by atoms with Crippen molar-refractivity contribution in [2.75, 3.05) is 26.2 Å². The lowest BCUT2D eigenvalue weighted by molar-refractivity contribution is 0.0628. The monoisotopic (exact) mass is 411 g/mol. The van der Waals surface area contributed by atoms with Crippen LogP contribution in [-0.4, -0.2) is 57.0 Å². The van der Waals surface area contributed by atoms with Crippen LogP contribution in [0.25, 0.3) is 10.6 Å². The summed E-state index contributed by atoms with van der Waals surface area (Å²) < 4.78 is 5.03. The summed E-state index contributed by atoms with van der Waals surface area (Å²) in [5.74, 6) is 1.35. The van der Waals surface area contributed by atoms with Crippen LogP contribution in [0.2, 0.25) is 0 Å². The summed E-state index contributed by atoms with van der Waals surface area (Å²) in [6.07, 6.45) is 1.01. The largest absolute Gasteiger partial charge is 0.340 e. The second kappa shape index (κ2) is 8.42. The number of aryl methyl sites for hydroxylation is 3. The van der Waals surface area contributed by atoms with Crippen LogP contribution in [-0.2, 0) is 13.0 Å². The van der Waals surface area contributed by atoms with Gasteiger partial charge in [0.25, 0.3) is 5.91 Å². The molecule has 8 heteroatoms. The molecular formula is C21H25N5O2S. The van der Waals surface area contributed by atoms with Crippen LogP contribution < -0.4 is 0 Å². The molecule has 1 fully saturated rings. The molecule has 4 rings (SSSR count). The number of aromatic nitrogens is 3. The number of carbonyl (C=O) groups excluding carboxylic acids is 1. The summed E-state index contributed by atoms with van der Waals surface area (Å²) in [5.41, 5.74) is 3.17. The van der Waals surface area contributed by atoms with Gasteiger partial charge in [-0.25, -0.2) is 4.98 Å². The molecule has 2 aromatic heterocycles. The molecule has 0 spiro atoms. The molecule has 1 amide bonds. The number of rotatable bonds is 5. The molecule has 0 radical (unpaired) electrons. The Morgan fingerprint density at radius 2 is 1.83 bits per heavy atom. The minimum Gasteiger partial charge on any atom is -0.340 e. The molecule has 1 aliphatic heterocycles. The standard InChI is InChI=1S/C21H25N5O2S/c1-4-16-5-7-17(8-6-16)20-22-14(2)19(29-20)21(27)26-11-9-25(10-12-26)13-18-23-15(3)28-24-18/h5-8H,4,9-13H2,1-3H3. The summed E-state index contributed by atoms with van der Waals surface area (Å²) in [6, 6.07) is 8.42. The molecular weight excluding hydrogens is 386 g/mol. The van der Waals surface area contributed by atoms with E-state index in [2.05, 4.69) is 51.2 Å². The second-order valence-electron chi connectivity index (χ2n) is 7.28. The first-order chi connectivity index (χ1) is 14.0. The van der Waals surface area contributed by atoms with Gasteiger partial charge in [-0.2, -0.15) is 4.98 Å². The van der Waals surface area contributed by atoms with Crippen molar-refractivity contribution in [2.45, 2.75) is 33.7 Å². The van der Waals surface area contributed by atoms with E-state index >= 15 is 0 Å². The smallest absolute Gasteiger partial charge is 0.265 e. The fraction of sp³-hybridized carbons (Fsp3) is 0.429. The number of amides is 1. The van der Waals surface area contributed by atoms with Gasteiger partial charge < -0.3 is 9.42 Å². The Bertz CT molecular complexity index is 987. The van der Waals surface area contributed by atoms with Crippen molar-refractivity contribution in [1.82, 2.24) is 24.9 Å². The second-order valence-corrected chi connectivity index (χ2v) is 8.28. The van der Waals surface area contributed by atoms with Gasteiger partial charge in [0.1, 0.15) is 9.88 Å². The number of nitrogens with zero attached hydrogens (tertiary/aromatic N) is 5. The van der Waals surface area contributed by atoms with E-state index in [4.69, 9.17) is 4.52 Å². The maximum atomic E-state index is 13.1. The SMILES string of the molecule is CCc1ccc(-c2nc(C)c(C(=O)N3CCN(Cc4noc(C)n4)CC3)s2)cc1. The molecule has 0 aliphatic carbocycles. The van der Waals surface area contributed by atoms with Gasteiger partial charge in [0.15, 0.2) is 5.82 Å². The molecule has 7 nitrogen and oxygen atoms in total. The average Bonchev–Trinajstić information content (AvgIpc) is 3.33.